The highest BCUT2D eigenvalue weighted by Crippen LogP contribution is 2.28. The van der Waals surface area contributed by atoms with E-state index in [0.717, 1.165) is 0 Å². The van der Waals surface area contributed by atoms with Crippen LogP contribution in [-0.2, 0) is 4.79 Å². The van der Waals surface area contributed by atoms with Gasteiger partial charge in [0.2, 0.25) is 5.91 Å². The van der Waals surface area contributed by atoms with Gasteiger partial charge < -0.3 is 26.4 Å². The molecule has 6 nitrogen and oxygen atoms in total. The van der Waals surface area contributed by atoms with Crippen LogP contribution in [0.2, 0.25) is 0 Å². The zero-order chi connectivity index (χ0) is 11.6. The van der Waals surface area contributed by atoms with Crippen LogP contribution < -0.4 is 11.1 Å². The maximum absolute atomic E-state index is 10.9. The lowest BCUT2D eigenvalue weighted by Crippen LogP contribution is -2.50. The summed E-state index contributed by atoms with van der Waals surface area (Å²) in [6.45, 7) is 1.22. The predicted octanol–water partition coefficient (Wildman–Crippen LogP) is -2.45. The normalized spacial score (nSPS) is 40.5. The van der Waals surface area contributed by atoms with Gasteiger partial charge in [0.15, 0.2) is 0 Å². The van der Waals surface area contributed by atoms with E-state index in [-0.39, 0.29) is 18.4 Å². The predicted molar refractivity (Wildman–Crippen MR) is 52.8 cm³/mol. The Kier molecular flexibility index (Phi) is 4.04. The smallest absolute Gasteiger partial charge is 0.217 e. The molecule has 88 valence electrons. The molecule has 0 aliphatic heterocycles. The number of carbonyl (C=O) groups is 1. The Hall–Kier alpha value is -0.690. The van der Waals surface area contributed by atoms with Gasteiger partial charge in [0.05, 0.1) is 12.1 Å². The average molecular weight is 218 g/mol. The minimum absolute atomic E-state index is 0.102. The number of nitrogens with two attached hydrogens (primary N) is 1. The molecule has 0 bridgehead atoms. The monoisotopic (exact) mass is 218 g/mol. The van der Waals surface area contributed by atoms with Crippen LogP contribution in [0.3, 0.4) is 0 Å². The molecular formula is C9H18N2O4. The fourth-order valence-corrected chi connectivity index (χ4v) is 2.12. The number of hydrogen-bond donors (Lipinski definition) is 5. The SMILES string of the molecule is CC(=O)N[C@H]1[C@H](N)[C@@H](CCO)[C@@H](O)[C@@H]1O. The molecular weight excluding hydrogens is 200 g/mol. The lowest BCUT2D eigenvalue weighted by Gasteiger charge is -2.21. The Morgan fingerprint density at radius 2 is 2.00 bits per heavy atom. The molecule has 0 aromatic heterocycles. The Labute approximate surface area is 88.1 Å². The standard InChI is InChI=1S/C9H18N2O4/c1-4(13)11-7-6(10)5(2-3-12)8(14)9(7)15/h5-9,12,14-15H,2-3,10H2,1H3,(H,11,13)/t5-,6-,7+,8-,9-/m1/s1. The van der Waals surface area contributed by atoms with E-state index in [1.54, 1.807) is 0 Å². The summed E-state index contributed by atoms with van der Waals surface area (Å²) in [6.07, 6.45) is -1.75. The van der Waals surface area contributed by atoms with Crippen molar-refractivity contribution in [3.05, 3.63) is 0 Å². The molecule has 1 amide bonds. The summed E-state index contributed by atoms with van der Waals surface area (Å²) in [6, 6.07) is -1.18. The van der Waals surface area contributed by atoms with Crippen LogP contribution in [0.15, 0.2) is 0 Å². The van der Waals surface area contributed by atoms with Crippen molar-refractivity contribution >= 4 is 5.91 Å². The third kappa shape index (κ3) is 2.46. The van der Waals surface area contributed by atoms with Gasteiger partial charge in [-0.2, -0.15) is 0 Å². The van der Waals surface area contributed by atoms with E-state index in [9.17, 15) is 15.0 Å². The van der Waals surface area contributed by atoms with Crippen molar-refractivity contribution in [2.75, 3.05) is 6.61 Å². The van der Waals surface area contributed by atoms with Gasteiger partial charge in [-0.25, -0.2) is 0 Å². The topological polar surface area (TPSA) is 116 Å². The zero-order valence-corrected chi connectivity index (χ0v) is 8.63. The molecule has 0 aromatic carbocycles. The molecule has 15 heavy (non-hydrogen) atoms. The molecule has 6 heteroatoms. The largest absolute Gasteiger partial charge is 0.396 e. The average Bonchev–Trinajstić information content (AvgIpc) is 2.35. The first-order valence-electron chi connectivity index (χ1n) is 4.98. The van der Waals surface area contributed by atoms with Crippen LogP contribution in [-0.4, -0.2) is 52.1 Å². The molecule has 1 aliphatic carbocycles. The number of nitrogens with one attached hydrogen (secondary N) is 1. The van der Waals surface area contributed by atoms with Gasteiger partial charge in [0, 0.05) is 25.5 Å². The first kappa shape index (κ1) is 12.4. The lowest BCUT2D eigenvalue weighted by molar-refractivity contribution is -0.120. The van der Waals surface area contributed by atoms with E-state index in [1.165, 1.54) is 6.92 Å². The van der Waals surface area contributed by atoms with Crippen LogP contribution in [0.4, 0.5) is 0 Å². The Bertz CT molecular complexity index is 236. The molecule has 0 saturated heterocycles. The molecule has 6 N–H and O–H groups in total. The van der Waals surface area contributed by atoms with Gasteiger partial charge in [0.25, 0.3) is 0 Å². The summed E-state index contributed by atoms with van der Waals surface area (Å²) < 4.78 is 0. The van der Waals surface area contributed by atoms with E-state index in [0.29, 0.717) is 6.42 Å². The van der Waals surface area contributed by atoms with Crippen molar-refractivity contribution in [3.63, 3.8) is 0 Å². The highest BCUT2D eigenvalue weighted by atomic mass is 16.3. The van der Waals surface area contributed by atoms with Crippen molar-refractivity contribution in [2.24, 2.45) is 11.7 Å². The lowest BCUT2D eigenvalue weighted by atomic mass is 9.98. The van der Waals surface area contributed by atoms with Gasteiger partial charge in [-0.05, 0) is 6.42 Å². The van der Waals surface area contributed by atoms with Crippen molar-refractivity contribution < 1.29 is 20.1 Å². The quantitative estimate of drug-likeness (QED) is 0.361. The maximum atomic E-state index is 10.9. The molecule has 0 radical (unpaired) electrons. The number of hydrogen-bond acceptors (Lipinski definition) is 5. The number of aliphatic hydroxyl groups excluding tert-OH is 3. The minimum Gasteiger partial charge on any atom is -0.396 e. The van der Waals surface area contributed by atoms with Gasteiger partial charge >= 0.3 is 0 Å². The number of carbonyl (C=O) groups excluding carboxylic acids is 1. The second kappa shape index (κ2) is 4.89. The minimum atomic E-state index is -1.07. The van der Waals surface area contributed by atoms with E-state index in [1.807, 2.05) is 0 Å². The summed E-state index contributed by atoms with van der Waals surface area (Å²) in [7, 11) is 0. The summed E-state index contributed by atoms with van der Waals surface area (Å²) >= 11 is 0. The van der Waals surface area contributed by atoms with Crippen LogP contribution in [0.1, 0.15) is 13.3 Å². The molecule has 0 heterocycles. The Balaban J connectivity index is 2.70. The van der Waals surface area contributed by atoms with Gasteiger partial charge in [-0.15, -0.1) is 0 Å². The molecule has 0 spiro atoms. The molecule has 1 fully saturated rings. The van der Waals surface area contributed by atoms with Crippen molar-refractivity contribution in [3.8, 4) is 0 Å². The maximum Gasteiger partial charge on any atom is 0.217 e. The third-order valence-corrected chi connectivity index (χ3v) is 2.90. The fraction of sp³-hybridized carbons (Fsp3) is 0.889. The second-order valence-corrected chi connectivity index (χ2v) is 3.96. The van der Waals surface area contributed by atoms with Crippen molar-refractivity contribution in [1.82, 2.24) is 5.32 Å². The van der Waals surface area contributed by atoms with Crippen molar-refractivity contribution in [2.45, 2.75) is 37.6 Å². The summed E-state index contributed by atoms with van der Waals surface area (Å²) in [5.74, 6) is -0.687. The van der Waals surface area contributed by atoms with Gasteiger partial charge in [0.1, 0.15) is 6.10 Å². The van der Waals surface area contributed by atoms with Crippen molar-refractivity contribution in [1.29, 1.82) is 0 Å². The molecule has 5 atom stereocenters. The molecule has 1 aliphatic rings. The number of rotatable bonds is 3. The Morgan fingerprint density at radius 3 is 2.47 bits per heavy atom. The third-order valence-electron chi connectivity index (χ3n) is 2.90. The summed E-state index contributed by atoms with van der Waals surface area (Å²) in [5, 5.41) is 30.6. The second-order valence-electron chi connectivity index (χ2n) is 3.96. The van der Waals surface area contributed by atoms with E-state index < -0.39 is 24.3 Å². The summed E-state index contributed by atoms with van der Waals surface area (Å²) in [5.41, 5.74) is 5.79. The van der Waals surface area contributed by atoms with Crippen LogP contribution in [0.25, 0.3) is 0 Å². The zero-order valence-electron chi connectivity index (χ0n) is 8.63. The molecule has 1 rings (SSSR count). The van der Waals surface area contributed by atoms with E-state index in [4.69, 9.17) is 10.8 Å². The van der Waals surface area contributed by atoms with Gasteiger partial charge in [-0.1, -0.05) is 0 Å². The Morgan fingerprint density at radius 1 is 1.40 bits per heavy atom. The van der Waals surface area contributed by atoms with Crippen LogP contribution in [0.5, 0.6) is 0 Å². The van der Waals surface area contributed by atoms with Crippen LogP contribution >= 0.6 is 0 Å². The van der Waals surface area contributed by atoms with Crippen LogP contribution in [0, 0.1) is 5.92 Å². The number of aliphatic hydroxyl groups is 3. The molecule has 0 unspecified atom stereocenters. The van der Waals surface area contributed by atoms with Gasteiger partial charge in [-0.3, -0.25) is 4.79 Å². The van der Waals surface area contributed by atoms with E-state index in [2.05, 4.69) is 5.32 Å². The fourth-order valence-electron chi connectivity index (χ4n) is 2.12. The summed E-state index contributed by atoms with van der Waals surface area (Å²) in [4.78, 5) is 10.9. The first-order valence-corrected chi connectivity index (χ1v) is 4.98. The first-order chi connectivity index (χ1) is 6.99. The molecule has 1 saturated carbocycles. The molecule has 0 aromatic rings. The highest BCUT2D eigenvalue weighted by Gasteiger charge is 2.47. The van der Waals surface area contributed by atoms with E-state index >= 15 is 0 Å². The number of amides is 1. The highest BCUT2D eigenvalue weighted by molar-refractivity contribution is 5.73.